The quantitative estimate of drug-likeness (QED) is 0.781. The van der Waals surface area contributed by atoms with Crippen LogP contribution in [0.15, 0.2) is 60.7 Å². The molecule has 3 aromatic carbocycles. The van der Waals surface area contributed by atoms with Crippen molar-refractivity contribution in [2.75, 3.05) is 7.11 Å². The minimum Gasteiger partial charge on any atom is -0.508 e. The first-order valence-corrected chi connectivity index (χ1v) is 6.73. The number of rotatable bonds is 4. The Morgan fingerprint density at radius 3 is 2.29 bits per heavy atom. The van der Waals surface area contributed by atoms with Crippen LogP contribution in [0, 0.1) is 0 Å². The Kier molecular flexibility index (Phi) is 3.65. The van der Waals surface area contributed by atoms with Gasteiger partial charge in [0.15, 0.2) is 0 Å². The van der Waals surface area contributed by atoms with Gasteiger partial charge in [-0.25, -0.2) is 0 Å². The molecule has 0 heterocycles. The zero-order valence-corrected chi connectivity index (χ0v) is 11.7. The van der Waals surface area contributed by atoms with Crippen LogP contribution in [0.5, 0.6) is 17.2 Å². The minimum absolute atomic E-state index is 0.259. The van der Waals surface area contributed by atoms with Gasteiger partial charge >= 0.3 is 0 Å². The van der Waals surface area contributed by atoms with Gasteiger partial charge in [0, 0.05) is 0 Å². The number of methoxy groups -OCH3 is 1. The molecule has 0 saturated heterocycles. The summed E-state index contributed by atoms with van der Waals surface area (Å²) in [6.45, 7) is 0.494. The van der Waals surface area contributed by atoms with Crippen molar-refractivity contribution in [1.29, 1.82) is 0 Å². The summed E-state index contributed by atoms with van der Waals surface area (Å²) in [5, 5.41) is 11.6. The van der Waals surface area contributed by atoms with Gasteiger partial charge < -0.3 is 14.6 Å². The van der Waals surface area contributed by atoms with E-state index in [4.69, 9.17) is 9.47 Å². The number of aromatic hydroxyl groups is 1. The monoisotopic (exact) mass is 280 g/mol. The average molecular weight is 280 g/mol. The van der Waals surface area contributed by atoms with Crippen LogP contribution in [0.3, 0.4) is 0 Å². The van der Waals surface area contributed by atoms with E-state index in [2.05, 4.69) is 0 Å². The summed E-state index contributed by atoms with van der Waals surface area (Å²) in [6, 6.07) is 18.9. The van der Waals surface area contributed by atoms with E-state index in [0.717, 1.165) is 27.8 Å². The highest BCUT2D eigenvalue weighted by atomic mass is 16.5. The van der Waals surface area contributed by atoms with Crippen molar-refractivity contribution in [1.82, 2.24) is 0 Å². The van der Waals surface area contributed by atoms with Crippen LogP contribution in [0.25, 0.3) is 10.8 Å². The summed E-state index contributed by atoms with van der Waals surface area (Å²) in [5.41, 5.74) is 1.08. The number of phenolic OH excluding ortho intramolecular Hbond substituents is 1. The van der Waals surface area contributed by atoms with Crippen molar-refractivity contribution in [3.05, 3.63) is 66.2 Å². The third kappa shape index (κ3) is 3.08. The van der Waals surface area contributed by atoms with Crippen LogP contribution in [-0.4, -0.2) is 12.2 Å². The molecule has 3 aromatic rings. The molecule has 0 atom stereocenters. The molecule has 3 nitrogen and oxygen atoms in total. The van der Waals surface area contributed by atoms with E-state index >= 15 is 0 Å². The van der Waals surface area contributed by atoms with Gasteiger partial charge in [-0.2, -0.15) is 0 Å². The Balaban J connectivity index is 1.74. The fourth-order valence-corrected chi connectivity index (χ4v) is 2.19. The second-order valence-corrected chi connectivity index (χ2v) is 4.83. The van der Waals surface area contributed by atoms with Gasteiger partial charge in [-0.05, 0) is 52.7 Å². The highest BCUT2D eigenvalue weighted by Crippen LogP contribution is 2.25. The molecule has 0 amide bonds. The van der Waals surface area contributed by atoms with Crippen LogP contribution < -0.4 is 9.47 Å². The zero-order chi connectivity index (χ0) is 14.7. The van der Waals surface area contributed by atoms with Crippen molar-refractivity contribution in [2.45, 2.75) is 6.61 Å². The van der Waals surface area contributed by atoms with E-state index in [1.807, 2.05) is 48.5 Å². The van der Waals surface area contributed by atoms with E-state index in [9.17, 15) is 5.11 Å². The Bertz CT molecular complexity index is 748. The first-order valence-electron chi connectivity index (χ1n) is 6.73. The molecule has 3 rings (SSSR count). The standard InChI is InChI=1S/C18H16O3/c1-20-17-7-2-13(3-8-17)12-21-18-9-5-14-4-6-16(19)10-15(14)11-18/h2-11,19H,12H2,1H3. The lowest BCUT2D eigenvalue weighted by Crippen LogP contribution is -1.95. The molecule has 0 fully saturated rings. The summed E-state index contributed by atoms with van der Waals surface area (Å²) in [6.07, 6.45) is 0. The Morgan fingerprint density at radius 2 is 1.52 bits per heavy atom. The molecule has 0 bridgehead atoms. The Hall–Kier alpha value is -2.68. The van der Waals surface area contributed by atoms with Crippen molar-refractivity contribution in [3.63, 3.8) is 0 Å². The average Bonchev–Trinajstić information content (AvgIpc) is 2.53. The molecule has 0 aliphatic carbocycles. The van der Waals surface area contributed by atoms with Crippen LogP contribution in [0.4, 0.5) is 0 Å². The Labute approximate surface area is 123 Å². The summed E-state index contributed by atoms with van der Waals surface area (Å²) in [5.74, 6) is 1.87. The summed E-state index contributed by atoms with van der Waals surface area (Å²) >= 11 is 0. The van der Waals surface area contributed by atoms with Crippen LogP contribution in [-0.2, 0) is 6.61 Å². The van der Waals surface area contributed by atoms with Crippen LogP contribution >= 0.6 is 0 Å². The van der Waals surface area contributed by atoms with E-state index in [1.54, 1.807) is 19.2 Å². The second-order valence-electron chi connectivity index (χ2n) is 4.83. The first-order chi connectivity index (χ1) is 10.2. The number of phenols is 1. The second kappa shape index (κ2) is 5.75. The van der Waals surface area contributed by atoms with E-state index in [1.165, 1.54) is 0 Å². The number of hydrogen-bond donors (Lipinski definition) is 1. The smallest absolute Gasteiger partial charge is 0.120 e. The minimum atomic E-state index is 0.259. The third-order valence-electron chi connectivity index (χ3n) is 3.36. The third-order valence-corrected chi connectivity index (χ3v) is 3.36. The molecule has 3 heteroatoms. The molecular weight excluding hydrogens is 264 g/mol. The van der Waals surface area contributed by atoms with Gasteiger partial charge in [-0.1, -0.05) is 24.3 Å². The fourth-order valence-electron chi connectivity index (χ4n) is 2.19. The van der Waals surface area contributed by atoms with Crippen molar-refractivity contribution < 1.29 is 14.6 Å². The van der Waals surface area contributed by atoms with Gasteiger partial charge in [0.1, 0.15) is 23.9 Å². The molecule has 106 valence electrons. The number of ether oxygens (including phenoxy) is 2. The molecule has 0 spiro atoms. The topological polar surface area (TPSA) is 38.7 Å². The summed E-state index contributed by atoms with van der Waals surface area (Å²) < 4.78 is 10.9. The van der Waals surface area contributed by atoms with E-state index in [-0.39, 0.29) is 5.75 Å². The molecule has 0 aliphatic heterocycles. The lowest BCUT2D eigenvalue weighted by Gasteiger charge is -2.08. The Morgan fingerprint density at radius 1 is 0.810 bits per heavy atom. The fraction of sp³-hybridized carbons (Fsp3) is 0.111. The number of fused-ring (bicyclic) bond motifs is 1. The lowest BCUT2D eigenvalue weighted by molar-refractivity contribution is 0.306. The molecule has 0 radical (unpaired) electrons. The maximum absolute atomic E-state index is 9.53. The number of hydrogen-bond acceptors (Lipinski definition) is 3. The molecule has 1 N–H and O–H groups in total. The van der Waals surface area contributed by atoms with E-state index < -0.39 is 0 Å². The van der Waals surface area contributed by atoms with Gasteiger partial charge in [-0.3, -0.25) is 0 Å². The normalized spacial score (nSPS) is 10.5. The SMILES string of the molecule is COc1ccc(COc2ccc3ccc(O)cc3c2)cc1. The molecular formula is C18H16O3. The molecule has 21 heavy (non-hydrogen) atoms. The summed E-state index contributed by atoms with van der Waals surface area (Å²) in [4.78, 5) is 0. The highest BCUT2D eigenvalue weighted by Gasteiger charge is 2.00. The lowest BCUT2D eigenvalue weighted by atomic mass is 10.1. The van der Waals surface area contributed by atoms with Gasteiger partial charge in [0.05, 0.1) is 7.11 Å². The molecule has 0 aromatic heterocycles. The zero-order valence-electron chi connectivity index (χ0n) is 11.7. The predicted molar refractivity (Wildman–Crippen MR) is 82.9 cm³/mol. The largest absolute Gasteiger partial charge is 0.508 e. The van der Waals surface area contributed by atoms with E-state index in [0.29, 0.717) is 6.61 Å². The molecule has 0 aliphatic rings. The molecule has 0 unspecified atom stereocenters. The number of benzene rings is 3. The maximum Gasteiger partial charge on any atom is 0.120 e. The maximum atomic E-state index is 9.53. The van der Waals surface area contributed by atoms with Crippen molar-refractivity contribution >= 4 is 10.8 Å². The first kappa shape index (κ1) is 13.3. The van der Waals surface area contributed by atoms with Crippen LogP contribution in [0.1, 0.15) is 5.56 Å². The van der Waals surface area contributed by atoms with Gasteiger partial charge in [-0.15, -0.1) is 0 Å². The highest BCUT2D eigenvalue weighted by molar-refractivity contribution is 5.85. The predicted octanol–water partition coefficient (Wildman–Crippen LogP) is 4.13. The summed E-state index contributed by atoms with van der Waals surface area (Å²) in [7, 11) is 1.65. The van der Waals surface area contributed by atoms with Gasteiger partial charge in [0.25, 0.3) is 0 Å². The molecule has 0 saturated carbocycles. The van der Waals surface area contributed by atoms with Crippen molar-refractivity contribution in [3.8, 4) is 17.2 Å². The van der Waals surface area contributed by atoms with Crippen LogP contribution in [0.2, 0.25) is 0 Å². The van der Waals surface area contributed by atoms with Crippen molar-refractivity contribution in [2.24, 2.45) is 0 Å². The van der Waals surface area contributed by atoms with Gasteiger partial charge in [0.2, 0.25) is 0 Å².